The predicted octanol–water partition coefficient (Wildman–Crippen LogP) is 0.368. The Bertz CT molecular complexity index is 201. The SMILES string of the molecule is C[C@H]1CCN(C(=O)NCCO)C[C@H]1F. The fourth-order valence-corrected chi connectivity index (χ4v) is 1.48. The molecule has 1 heterocycles. The number of halogens is 1. The number of amides is 2. The first-order valence-corrected chi connectivity index (χ1v) is 4.93. The Morgan fingerprint density at radius 2 is 2.43 bits per heavy atom. The summed E-state index contributed by atoms with van der Waals surface area (Å²) in [5, 5.41) is 11.0. The lowest BCUT2D eigenvalue weighted by molar-refractivity contribution is 0.107. The number of nitrogens with one attached hydrogen (secondary N) is 1. The van der Waals surface area contributed by atoms with Crippen LogP contribution in [0.3, 0.4) is 0 Å². The predicted molar refractivity (Wildman–Crippen MR) is 50.7 cm³/mol. The van der Waals surface area contributed by atoms with E-state index < -0.39 is 6.17 Å². The molecule has 0 saturated carbocycles. The van der Waals surface area contributed by atoms with Gasteiger partial charge in [0.25, 0.3) is 0 Å². The number of hydrogen-bond acceptors (Lipinski definition) is 2. The van der Waals surface area contributed by atoms with Gasteiger partial charge in [0.2, 0.25) is 0 Å². The van der Waals surface area contributed by atoms with Gasteiger partial charge in [0.05, 0.1) is 13.2 Å². The molecule has 14 heavy (non-hydrogen) atoms. The molecule has 1 saturated heterocycles. The summed E-state index contributed by atoms with van der Waals surface area (Å²) >= 11 is 0. The summed E-state index contributed by atoms with van der Waals surface area (Å²) in [4.78, 5) is 12.8. The number of carbonyl (C=O) groups is 1. The number of likely N-dealkylation sites (tertiary alicyclic amines) is 1. The quantitative estimate of drug-likeness (QED) is 0.682. The van der Waals surface area contributed by atoms with Gasteiger partial charge in [-0.15, -0.1) is 0 Å². The molecule has 2 amide bonds. The fourth-order valence-electron chi connectivity index (χ4n) is 1.48. The number of nitrogens with zero attached hydrogens (tertiary/aromatic N) is 1. The topological polar surface area (TPSA) is 52.6 Å². The van der Waals surface area contributed by atoms with Gasteiger partial charge in [-0.25, -0.2) is 9.18 Å². The van der Waals surface area contributed by atoms with Gasteiger partial charge in [-0.2, -0.15) is 0 Å². The van der Waals surface area contributed by atoms with E-state index >= 15 is 0 Å². The third-order valence-corrected chi connectivity index (χ3v) is 2.54. The molecule has 0 aromatic heterocycles. The molecule has 4 nitrogen and oxygen atoms in total. The Kier molecular flexibility index (Phi) is 4.13. The molecule has 0 aromatic carbocycles. The Labute approximate surface area is 83.1 Å². The number of alkyl halides is 1. The smallest absolute Gasteiger partial charge is 0.317 e. The van der Waals surface area contributed by atoms with E-state index in [1.54, 1.807) is 0 Å². The summed E-state index contributed by atoms with van der Waals surface area (Å²) in [5.41, 5.74) is 0. The lowest BCUT2D eigenvalue weighted by atomic mass is 9.97. The third kappa shape index (κ3) is 2.83. The van der Waals surface area contributed by atoms with Crippen molar-refractivity contribution in [3.8, 4) is 0 Å². The van der Waals surface area contributed by atoms with E-state index in [-0.39, 0.29) is 31.6 Å². The van der Waals surface area contributed by atoms with Gasteiger partial charge in [-0.05, 0) is 12.3 Å². The Balaban J connectivity index is 2.34. The standard InChI is InChI=1S/C9H17FN2O2/c1-7-2-4-12(6-8(7)10)9(14)11-3-5-13/h7-8,13H,2-6H2,1H3,(H,11,14)/t7-,8+/m0/s1. The second kappa shape index (κ2) is 5.14. The minimum absolute atomic E-state index is 0.0388. The van der Waals surface area contributed by atoms with Gasteiger partial charge in [0.15, 0.2) is 0 Å². The highest BCUT2D eigenvalue weighted by atomic mass is 19.1. The largest absolute Gasteiger partial charge is 0.395 e. The molecule has 0 bridgehead atoms. The summed E-state index contributed by atoms with van der Waals surface area (Å²) in [6, 6.07) is -0.284. The van der Waals surface area contributed by atoms with Gasteiger partial charge in [-0.3, -0.25) is 0 Å². The summed E-state index contributed by atoms with van der Waals surface area (Å²) in [6.07, 6.45) is -0.225. The van der Waals surface area contributed by atoms with E-state index in [9.17, 15) is 9.18 Å². The Morgan fingerprint density at radius 1 is 1.71 bits per heavy atom. The monoisotopic (exact) mass is 204 g/mol. The van der Waals surface area contributed by atoms with E-state index in [0.29, 0.717) is 13.0 Å². The number of aliphatic hydroxyl groups is 1. The third-order valence-electron chi connectivity index (χ3n) is 2.54. The average molecular weight is 204 g/mol. The fraction of sp³-hybridized carbons (Fsp3) is 0.889. The molecule has 0 radical (unpaired) electrons. The minimum atomic E-state index is -0.927. The highest BCUT2D eigenvalue weighted by Crippen LogP contribution is 2.19. The molecule has 1 fully saturated rings. The number of piperidine rings is 1. The molecule has 2 N–H and O–H groups in total. The Hall–Kier alpha value is -0.840. The molecular weight excluding hydrogens is 187 g/mol. The molecule has 2 atom stereocenters. The zero-order chi connectivity index (χ0) is 10.6. The maximum Gasteiger partial charge on any atom is 0.317 e. The first-order valence-electron chi connectivity index (χ1n) is 4.93. The first-order chi connectivity index (χ1) is 6.65. The zero-order valence-corrected chi connectivity index (χ0v) is 8.37. The van der Waals surface area contributed by atoms with Crippen molar-refractivity contribution >= 4 is 6.03 Å². The number of urea groups is 1. The molecule has 5 heteroatoms. The summed E-state index contributed by atoms with van der Waals surface area (Å²) in [7, 11) is 0. The van der Waals surface area contributed by atoms with Crippen LogP contribution in [0.5, 0.6) is 0 Å². The molecule has 0 aromatic rings. The van der Waals surface area contributed by atoms with Crippen LogP contribution in [0.2, 0.25) is 0 Å². The number of rotatable bonds is 2. The van der Waals surface area contributed by atoms with Crippen molar-refractivity contribution < 1.29 is 14.3 Å². The second-order valence-electron chi connectivity index (χ2n) is 3.68. The summed E-state index contributed by atoms with van der Waals surface area (Å²) in [6.45, 7) is 2.75. The van der Waals surface area contributed by atoms with E-state index in [1.165, 1.54) is 4.90 Å². The van der Waals surface area contributed by atoms with Crippen LogP contribution in [-0.4, -0.2) is 48.5 Å². The van der Waals surface area contributed by atoms with Crippen molar-refractivity contribution in [2.45, 2.75) is 19.5 Å². The number of hydrogen-bond donors (Lipinski definition) is 2. The normalized spacial score (nSPS) is 27.5. The minimum Gasteiger partial charge on any atom is -0.395 e. The van der Waals surface area contributed by atoms with E-state index in [0.717, 1.165) is 0 Å². The number of aliphatic hydroxyl groups excluding tert-OH is 1. The molecule has 0 unspecified atom stereocenters. The maximum absolute atomic E-state index is 13.2. The van der Waals surface area contributed by atoms with Gasteiger partial charge in [0.1, 0.15) is 6.17 Å². The van der Waals surface area contributed by atoms with Gasteiger partial charge in [0, 0.05) is 13.1 Å². The molecular formula is C9H17FN2O2. The molecule has 1 rings (SSSR count). The second-order valence-corrected chi connectivity index (χ2v) is 3.68. The van der Waals surface area contributed by atoms with Crippen molar-refractivity contribution in [1.29, 1.82) is 0 Å². The Morgan fingerprint density at radius 3 is 3.00 bits per heavy atom. The molecule has 1 aliphatic heterocycles. The van der Waals surface area contributed by atoms with Crippen LogP contribution in [-0.2, 0) is 0 Å². The molecule has 0 aliphatic carbocycles. The van der Waals surface area contributed by atoms with E-state index in [2.05, 4.69) is 5.32 Å². The molecule has 82 valence electrons. The first kappa shape index (κ1) is 11.2. The van der Waals surface area contributed by atoms with Crippen LogP contribution in [0.4, 0.5) is 9.18 Å². The lowest BCUT2D eigenvalue weighted by Crippen LogP contribution is -2.48. The van der Waals surface area contributed by atoms with Crippen molar-refractivity contribution in [2.24, 2.45) is 5.92 Å². The van der Waals surface area contributed by atoms with Gasteiger partial charge in [-0.1, -0.05) is 6.92 Å². The van der Waals surface area contributed by atoms with Crippen LogP contribution in [0, 0.1) is 5.92 Å². The highest BCUT2D eigenvalue weighted by molar-refractivity contribution is 5.74. The van der Waals surface area contributed by atoms with Crippen molar-refractivity contribution in [3.63, 3.8) is 0 Å². The van der Waals surface area contributed by atoms with Crippen molar-refractivity contribution in [2.75, 3.05) is 26.2 Å². The van der Waals surface area contributed by atoms with E-state index in [4.69, 9.17) is 5.11 Å². The van der Waals surface area contributed by atoms with Crippen molar-refractivity contribution in [3.05, 3.63) is 0 Å². The van der Waals surface area contributed by atoms with Crippen LogP contribution in [0.1, 0.15) is 13.3 Å². The summed E-state index contributed by atoms with van der Waals surface area (Å²) < 4.78 is 13.2. The van der Waals surface area contributed by atoms with Crippen LogP contribution < -0.4 is 5.32 Å². The highest BCUT2D eigenvalue weighted by Gasteiger charge is 2.28. The van der Waals surface area contributed by atoms with Crippen LogP contribution in [0.15, 0.2) is 0 Å². The van der Waals surface area contributed by atoms with Gasteiger partial charge < -0.3 is 15.3 Å². The van der Waals surface area contributed by atoms with Crippen molar-refractivity contribution in [1.82, 2.24) is 10.2 Å². The van der Waals surface area contributed by atoms with Crippen LogP contribution >= 0.6 is 0 Å². The lowest BCUT2D eigenvalue weighted by Gasteiger charge is -2.32. The van der Waals surface area contributed by atoms with E-state index in [1.807, 2.05) is 6.92 Å². The summed E-state index contributed by atoms with van der Waals surface area (Å²) in [5.74, 6) is 0.0388. The average Bonchev–Trinajstić information content (AvgIpc) is 2.18. The molecule has 1 aliphatic rings. The zero-order valence-electron chi connectivity index (χ0n) is 8.37. The molecule has 0 spiro atoms. The van der Waals surface area contributed by atoms with Crippen LogP contribution in [0.25, 0.3) is 0 Å². The number of carbonyl (C=O) groups excluding carboxylic acids is 1. The van der Waals surface area contributed by atoms with Gasteiger partial charge >= 0.3 is 6.03 Å². The maximum atomic E-state index is 13.2.